The summed E-state index contributed by atoms with van der Waals surface area (Å²) in [5, 5.41) is 13.0. The number of carbonyl (C=O) groups is 2. The molecule has 1 aliphatic heterocycles. The van der Waals surface area contributed by atoms with Crippen LogP contribution in [-0.2, 0) is 21.4 Å². The largest absolute Gasteiger partial charge is 0.481 e. The Labute approximate surface area is 258 Å². The lowest BCUT2D eigenvalue weighted by Crippen LogP contribution is -2.49. The molecule has 1 aliphatic rings. The van der Waals surface area contributed by atoms with Gasteiger partial charge in [0.15, 0.2) is 0 Å². The molecule has 5 rings (SSSR count). The van der Waals surface area contributed by atoms with Gasteiger partial charge in [-0.15, -0.1) is 0 Å². The number of amides is 1. The number of hydrogen-bond donors (Lipinski definition) is 2. The molecule has 44 heavy (non-hydrogen) atoms. The fourth-order valence-corrected chi connectivity index (χ4v) is 7.15. The number of para-hydroxylation sites is 1. The topological polar surface area (TPSA) is 120 Å². The lowest BCUT2D eigenvalue weighted by molar-refractivity contribution is -0.136. The summed E-state index contributed by atoms with van der Waals surface area (Å²) in [4.78, 5) is 32.6. The molecule has 1 aromatic heterocycles. The van der Waals surface area contributed by atoms with Crippen LogP contribution >= 0.6 is 0 Å². The Kier molecular flexibility index (Phi) is 9.73. The van der Waals surface area contributed by atoms with E-state index in [0.29, 0.717) is 30.9 Å². The minimum Gasteiger partial charge on any atom is -0.481 e. The van der Waals surface area contributed by atoms with Gasteiger partial charge in [0.1, 0.15) is 0 Å². The van der Waals surface area contributed by atoms with Gasteiger partial charge in [-0.05, 0) is 17.5 Å². The van der Waals surface area contributed by atoms with E-state index >= 15 is 0 Å². The predicted molar refractivity (Wildman–Crippen MR) is 172 cm³/mol. The van der Waals surface area contributed by atoms with Gasteiger partial charge < -0.3 is 10.4 Å². The van der Waals surface area contributed by atoms with E-state index in [4.69, 9.17) is 10.1 Å². The molecule has 0 saturated carbocycles. The molecule has 1 atom stereocenters. The number of rotatable bonds is 11. The Balaban J connectivity index is 1.53. The highest BCUT2D eigenvalue weighted by Gasteiger charge is 2.30. The summed E-state index contributed by atoms with van der Waals surface area (Å²) in [6.45, 7) is 5.93. The lowest BCUT2D eigenvalue weighted by Gasteiger charge is -2.34. The number of pyridine rings is 1. The van der Waals surface area contributed by atoms with Crippen LogP contribution in [0.15, 0.2) is 84.9 Å². The molecule has 9 nitrogen and oxygen atoms in total. The average molecular weight is 615 g/mol. The maximum atomic E-state index is 14.4. The number of nitrogens with zero attached hydrogens (tertiary/aromatic N) is 3. The molecule has 4 aromatic rings. The Morgan fingerprint density at radius 2 is 1.50 bits per heavy atom. The van der Waals surface area contributed by atoms with Gasteiger partial charge in [-0.3, -0.25) is 14.5 Å². The molecule has 1 unspecified atom stereocenters. The highest BCUT2D eigenvalue weighted by atomic mass is 32.2. The molecule has 10 heteroatoms. The second kappa shape index (κ2) is 13.7. The van der Waals surface area contributed by atoms with E-state index in [-0.39, 0.29) is 31.0 Å². The Morgan fingerprint density at radius 3 is 2.14 bits per heavy atom. The highest BCUT2D eigenvalue weighted by molar-refractivity contribution is 7.89. The van der Waals surface area contributed by atoms with E-state index in [9.17, 15) is 18.0 Å². The number of carboxylic acid groups (broad SMARTS) is 1. The van der Waals surface area contributed by atoms with E-state index in [1.165, 1.54) is 4.31 Å². The first-order valence-corrected chi connectivity index (χ1v) is 16.5. The second-order valence-corrected chi connectivity index (χ2v) is 13.5. The summed E-state index contributed by atoms with van der Waals surface area (Å²) >= 11 is 0. The molecule has 0 bridgehead atoms. The third-order valence-corrected chi connectivity index (χ3v) is 9.93. The van der Waals surface area contributed by atoms with Gasteiger partial charge in [0.05, 0.1) is 35.0 Å². The van der Waals surface area contributed by atoms with Crippen molar-refractivity contribution in [2.24, 2.45) is 5.92 Å². The number of aliphatic carboxylic acids is 1. The molecule has 1 fully saturated rings. The first-order chi connectivity index (χ1) is 21.1. The molecule has 0 radical (unpaired) electrons. The Bertz CT molecular complexity index is 1720. The number of nitrogens with one attached hydrogen (secondary N) is 1. The minimum absolute atomic E-state index is 0.141. The van der Waals surface area contributed by atoms with Crippen molar-refractivity contribution in [3.63, 3.8) is 0 Å². The van der Waals surface area contributed by atoms with Crippen LogP contribution in [0.1, 0.15) is 47.8 Å². The van der Waals surface area contributed by atoms with Crippen LogP contribution in [0, 0.1) is 5.92 Å². The smallest absolute Gasteiger partial charge is 0.304 e. The van der Waals surface area contributed by atoms with E-state index in [2.05, 4.69) is 24.1 Å². The Hall–Kier alpha value is -4.12. The zero-order chi connectivity index (χ0) is 31.3. The normalized spacial score (nSPS) is 15.3. The maximum Gasteiger partial charge on any atom is 0.304 e. The van der Waals surface area contributed by atoms with Gasteiger partial charge in [0, 0.05) is 49.2 Å². The van der Waals surface area contributed by atoms with E-state index in [0.717, 1.165) is 27.6 Å². The molecule has 0 spiro atoms. The molecule has 230 valence electrons. The van der Waals surface area contributed by atoms with Crippen molar-refractivity contribution in [2.75, 3.05) is 31.9 Å². The summed E-state index contributed by atoms with van der Waals surface area (Å²) in [5.41, 5.74) is 4.69. The number of fused-ring (bicyclic) bond motifs is 1. The van der Waals surface area contributed by atoms with Crippen molar-refractivity contribution in [3.8, 4) is 11.3 Å². The van der Waals surface area contributed by atoms with Gasteiger partial charge in [-0.2, -0.15) is 4.31 Å². The van der Waals surface area contributed by atoms with E-state index < -0.39 is 28.2 Å². The molecule has 0 aliphatic carbocycles. The number of hydrogen-bond acceptors (Lipinski definition) is 6. The standard InChI is InChI=1S/C34H38N4O5S/c1-24(2)32(25-11-5-3-6-12-25)36-34(41)31-27-15-9-10-16-29(27)35-33(26-13-7-4-8-14-26)28(31)23-37-18-20-38(21-19-37)44(42,43)22-17-30(39)40/h3-16,24,32H,17-23H2,1-2H3,(H,36,41)(H,39,40). The summed E-state index contributed by atoms with van der Waals surface area (Å²) in [6.07, 6.45) is -0.426. The third kappa shape index (κ3) is 7.15. The molecular formula is C34H38N4O5S. The van der Waals surface area contributed by atoms with Crippen molar-refractivity contribution < 1.29 is 23.1 Å². The zero-order valence-electron chi connectivity index (χ0n) is 25.0. The van der Waals surface area contributed by atoms with Gasteiger partial charge >= 0.3 is 5.97 Å². The summed E-state index contributed by atoms with van der Waals surface area (Å²) in [6, 6.07) is 27.2. The number of sulfonamides is 1. The summed E-state index contributed by atoms with van der Waals surface area (Å²) in [5.74, 6) is -1.60. The first-order valence-electron chi connectivity index (χ1n) is 14.9. The van der Waals surface area contributed by atoms with Gasteiger partial charge in [0.25, 0.3) is 5.91 Å². The summed E-state index contributed by atoms with van der Waals surface area (Å²) < 4.78 is 26.8. The number of carbonyl (C=O) groups excluding carboxylic acids is 1. The maximum absolute atomic E-state index is 14.4. The van der Waals surface area contributed by atoms with Crippen molar-refractivity contribution in [1.29, 1.82) is 0 Å². The van der Waals surface area contributed by atoms with Crippen LogP contribution in [0.2, 0.25) is 0 Å². The predicted octanol–water partition coefficient (Wildman–Crippen LogP) is 4.95. The minimum atomic E-state index is -3.67. The molecule has 2 heterocycles. The van der Waals surface area contributed by atoms with E-state index in [1.807, 2.05) is 84.9 Å². The first kappa shape index (κ1) is 31.3. The quantitative estimate of drug-likeness (QED) is 0.245. The SMILES string of the molecule is CC(C)C(NC(=O)c1c(CN2CCN(S(=O)(=O)CCC(=O)O)CC2)c(-c2ccccc2)nc2ccccc12)c1ccccc1. The van der Waals surface area contributed by atoms with Crippen LogP contribution in [0.3, 0.4) is 0 Å². The highest BCUT2D eigenvalue weighted by Crippen LogP contribution is 2.33. The molecule has 1 saturated heterocycles. The Morgan fingerprint density at radius 1 is 0.886 bits per heavy atom. The van der Waals surface area contributed by atoms with Crippen LogP contribution in [0.5, 0.6) is 0 Å². The second-order valence-electron chi connectivity index (χ2n) is 11.4. The van der Waals surface area contributed by atoms with E-state index in [1.54, 1.807) is 0 Å². The lowest BCUT2D eigenvalue weighted by atomic mass is 9.93. The van der Waals surface area contributed by atoms with Crippen molar-refractivity contribution >= 4 is 32.8 Å². The molecule has 3 aromatic carbocycles. The molecule has 2 N–H and O–H groups in total. The van der Waals surface area contributed by atoms with Crippen molar-refractivity contribution in [3.05, 3.63) is 102 Å². The summed E-state index contributed by atoms with van der Waals surface area (Å²) in [7, 11) is -3.67. The number of carboxylic acids is 1. The zero-order valence-corrected chi connectivity index (χ0v) is 25.8. The number of aromatic nitrogens is 1. The molecular weight excluding hydrogens is 576 g/mol. The van der Waals surface area contributed by atoms with Gasteiger partial charge in [-0.25, -0.2) is 13.4 Å². The van der Waals surface area contributed by atoms with Gasteiger partial charge in [-0.1, -0.05) is 92.7 Å². The third-order valence-electron chi connectivity index (χ3n) is 8.06. The van der Waals surface area contributed by atoms with Crippen molar-refractivity contribution in [1.82, 2.24) is 19.5 Å². The van der Waals surface area contributed by atoms with Crippen molar-refractivity contribution in [2.45, 2.75) is 32.9 Å². The van der Waals surface area contributed by atoms with Crippen LogP contribution < -0.4 is 5.32 Å². The fraction of sp³-hybridized carbons (Fsp3) is 0.324. The fourth-order valence-electron chi connectivity index (χ4n) is 5.74. The number of benzene rings is 3. The van der Waals surface area contributed by atoms with Crippen LogP contribution in [0.4, 0.5) is 0 Å². The van der Waals surface area contributed by atoms with Crippen LogP contribution in [-0.4, -0.2) is 71.5 Å². The van der Waals surface area contributed by atoms with Crippen LogP contribution in [0.25, 0.3) is 22.2 Å². The average Bonchev–Trinajstić information content (AvgIpc) is 3.03. The monoisotopic (exact) mass is 614 g/mol. The molecule has 1 amide bonds. The van der Waals surface area contributed by atoms with Gasteiger partial charge in [0.2, 0.25) is 10.0 Å². The number of piperazine rings is 1.